The molecular formula is C7H6F3NO2S. The van der Waals surface area contributed by atoms with Crippen LogP contribution in [-0.2, 0) is 16.9 Å². The molecule has 0 aromatic carbocycles. The van der Waals surface area contributed by atoms with Crippen LogP contribution in [0.2, 0.25) is 0 Å². The van der Waals surface area contributed by atoms with Crippen molar-refractivity contribution in [3.05, 3.63) is 23.5 Å². The van der Waals surface area contributed by atoms with Gasteiger partial charge in [0.15, 0.2) is 10.7 Å². The third kappa shape index (κ3) is 2.22. The number of alkyl halides is 3. The first-order chi connectivity index (χ1) is 6.32. The predicted octanol–water partition coefficient (Wildman–Crippen LogP) is 1.38. The van der Waals surface area contributed by atoms with Gasteiger partial charge in [-0.3, -0.25) is 0 Å². The number of thiol groups is 1. The standard InChI is InChI=1S/C7H6F3NO2S/c1-4-5(14(12)13)2-3-6(11-4)7(8,9)10/h2-3,14H,1H3. The van der Waals surface area contributed by atoms with E-state index in [1.165, 1.54) is 6.92 Å². The Kier molecular flexibility index (Phi) is 2.79. The summed E-state index contributed by atoms with van der Waals surface area (Å²) in [6.07, 6.45) is -4.54. The summed E-state index contributed by atoms with van der Waals surface area (Å²) < 4.78 is 57.3. The second-order valence-electron chi connectivity index (χ2n) is 2.56. The minimum absolute atomic E-state index is 0.143. The molecule has 0 amide bonds. The molecule has 3 nitrogen and oxygen atoms in total. The van der Waals surface area contributed by atoms with Gasteiger partial charge in [0, 0.05) is 0 Å². The van der Waals surface area contributed by atoms with E-state index in [-0.39, 0.29) is 10.6 Å². The molecule has 0 atom stereocenters. The highest BCUT2D eigenvalue weighted by Gasteiger charge is 2.32. The SMILES string of the molecule is Cc1nc(C(F)(F)F)ccc1[SH](=O)=O. The normalized spacial score (nSPS) is 12.1. The van der Waals surface area contributed by atoms with E-state index in [1.54, 1.807) is 0 Å². The summed E-state index contributed by atoms with van der Waals surface area (Å²) in [6.45, 7) is 1.22. The average molecular weight is 225 g/mol. The maximum absolute atomic E-state index is 12.1. The number of hydrogen-bond donors (Lipinski definition) is 1. The van der Waals surface area contributed by atoms with Gasteiger partial charge in [0.05, 0.1) is 10.6 Å². The molecule has 0 fully saturated rings. The Morgan fingerprint density at radius 3 is 2.21 bits per heavy atom. The quantitative estimate of drug-likeness (QED) is 0.734. The number of pyridine rings is 1. The minimum atomic E-state index is -4.54. The molecule has 0 aliphatic rings. The first-order valence-corrected chi connectivity index (χ1v) is 4.69. The summed E-state index contributed by atoms with van der Waals surface area (Å²) in [6, 6.07) is 1.55. The Balaban J connectivity index is 3.27. The van der Waals surface area contributed by atoms with E-state index in [2.05, 4.69) is 4.98 Å². The van der Waals surface area contributed by atoms with Crippen LogP contribution in [0.3, 0.4) is 0 Å². The zero-order chi connectivity index (χ0) is 10.9. The van der Waals surface area contributed by atoms with Gasteiger partial charge in [-0.2, -0.15) is 13.2 Å². The molecule has 0 aliphatic carbocycles. The summed E-state index contributed by atoms with van der Waals surface area (Å²) in [5.74, 6) is 0. The molecule has 0 aliphatic heterocycles. The molecule has 0 saturated heterocycles. The third-order valence-electron chi connectivity index (χ3n) is 1.55. The van der Waals surface area contributed by atoms with Crippen molar-refractivity contribution in [3.8, 4) is 0 Å². The molecule has 14 heavy (non-hydrogen) atoms. The number of rotatable bonds is 1. The van der Waals surface area contributed by atoms with Gasteiger partial charge in [-0.15, -0.1) is 0 Å². The van der Waals surface area contributed by atoms with E-state index in [4.69, 9.17) is 0 Å². The van der Waals surface area contributed by atoms with Crippen molar-refractivity contribution in [2.45, 2.75) is 18.0 Å². The first kappa shape index (κ1) is 11.0. The predicted molar refractivity (Wildman–Crippen MR) is 42.6 cm³/mol. The van der Waals surface area contributed by atoms with E-state index < -0.39 is 22.6 Å². The number of nitrogens with zero attached hydrogens (tertiary/aromatic N) is 1. The molecule has 0 saturated carbocycles. The van der Waals surface area contributed by atoms with Gasteiger partial charge in [-0.25, -0.2) is 13.4 Å². The minimum Gasteiger partial charge on any atom is -0.247 e. The van der Waals surface area contributed by atoms with Crippen LogP contribution in [0.25, 0.3) is 0 Å². The lowest BCUT2D eigenvalue weighted by Crippen LogP contribution is -2.09. The number of halogens is 3. The molecule has 78 valence electrons. The van der Waals surface area contributed by atoms with E-state index in [1.807, 2.05) is 0 Å². The van der Waals surface area contributed by atoms with Crippen LogP contribution in [0.5, 0.6) is 0 Å². The van der Waals surface area contributed by atoms with Gasteiger partial charge in [-0.1, -0.05) is 0 Å². The van der Waals surface area contributed by atoms with Crippen LogP contribution >= 0.6 is 0 Å². The monoisotopic (exact) mass is 225 g/mol. The van der Waals surface area contributed by atoms with E-state index in [0.717, 1.165) is 6.07 Å². The molecule has 1 heterocycles. The topological polar surface area (TPSA) is 47.0 Å². The Hall–Kier alpha value is -1.11. The smallest absolute Gasteiger partial charge is 0.247 e. The van der Waals surface area contributed by atoms with Crippen LogP contribution in [0.4, 0.5) is 13.2 Å². The van der Waals surface area contributed by atoms with Crippen molar-refractivity contribution in [1.29, 1.82) is 0 Å². The van der Waals surface area contributed by atoms with Crippen LogP contribution < -0.4 is 0 Å². The lowest BCUT2D eigenvalue weighted by molar-refractivity contribution is -0.141. The van der Waals surface area contributed by atoms with E-state index in [0.29, 0.717) is 6.07 Å². The summed E-state index contributed by atoms with van der Waals surface area (Å²) in [4.78, 5) is 2.97. The Bertz CT molecular complexity index is 417. The van der Waals surface area contributed by atoms with Crippen LogP contribution in [0.15, 0.2) is 17.0 Å². The fraction of sp³-hybridized carbons (Fsp3) is 0.286. The highest BCUT2D eigenvalue weighted by molar-refractivity contribution is 7.72. The Labute approximate surface area is 79.5 Å². The van der Waals surface area contributed by atoms with Crippen LogP contribution in [-0.4, -0.2) is 13.4 Å². The highest BCUT2D eigenvalue weighted by atomic mass is 32.2. The second kappa shape index (κ2) is 3.56. The van der Waals surface area contributed by atoms with Crippen LogP contribution in [0.1, 0.15) is 11.4 Å². The molecule has 7 heteroatoms. The van der Waals surface area contributed by atoms with Crippen molar-refractivity contribution in [3.63, 3.8) is 0 Å². The van der Waals surface area contributed by atoms with Crippen molar-refractivity contribution in [1.82, 2.24) is 4.98 Å². The summed E-state index contributed by atoms with van der Waals surface area (Å²) in [5.41, 5.74) is -1.23. The maximum Gasteiger partial charge on any atom is 0.433 e. The zero-order valence-corrected chi connectivity index (χ0v) is 7.89. The molecule has 1 aromatic heterocycles. The van der Waals surface area contributed by atoms with Crippen molar-refractivity contribution < 1.29 is 21.6 Å². The molecule has 0 N–H and O–H groups in total. The molecule has 0 radical (unpaired) electrons. The van der Waals surface area contributed by atoms with Gasteiger partial charge in [0.25, 0.3) is 0 Å². The van der Waals surface area contributed by atoms with E-state index in [9.17, 15) is 21.6 Å². The molecule has 0 bridgehead atoms. The molecule has 1 aromatic rings. The summed E-state index contributed by atoms with van der Waals surface area (Å²) in [7, 11) is -2.89. The Morgan fingerprint density at radius 1 is 1.29 bits per heavy atom. The van der Waals surface area contributed by atoms with Gasteiger partial charge in [0.1, 0.15) is 5.69 Å². The fourth-order valence-corrected chi connectivity index (χ4v) is 1.42. The largest absolute Gasteiger partial charge is 0.433 e. The van der Waals surface area contributed by atoms with Gasteiger partial charge in [-0.05, 0) is 19.1 Å². The molecular weight excluding hydrogens is 219 g/mol. The lowest BCUT2D eigenvalue weighted by Gasteiger charge is -2.06. The van der Waals surface area contributed by atoms with Crippen molar-refractivity contribution >= 4 is 10.7 Å². The second-order valence-corrected chi connectivity index (χ2v) is 3.55. The van der Waals surface area contributed by atoms with E-state index >= 15 is 0 Å². The fourth-order valence-electron chi connectivity index (χ4n) is 0.905. The summed E-state index contributed by atoms with van der Waals surface area (Å²) in [5, 5.41) is 0. The van der Waals surface area contributed by atoms with Crippen LogP contribution in [0, 0.1) is 6.92 Å². The lowest BCUT2D eigenvalue weighted by atomic mass is 10.3. The maximum atomic E-state index is 12.1. The number of aryl methyl sites for hydroxylation is 1. The molecule has 1 rings (SSSR count). The number of aromatic nitrogens is 1. The summed E-state index contributed by atoms with van der Waals surface area (Å²) >= 11 is 0. The van der Waals surface area contributed by atoms with Gasteiger partial charge in [0.2, 0.25) is 0 Å². The van der Waals surface area contributed by atoms with Crippen molar-refractivity contribution in [2.24, 2.45) is 0 Å². The zero-order valence-electron chi connectivity index (χ0n) is 7.00. The van der Waals surface area contributed by atoms with Gasteiger partial charge >= 0.3 is 6.18 Å². The molecule has 0 spiro atoms. The van der Waals surface area contributed by atoms with Crippen molar-refractivity contribution in [2.75, 3.05) is 0 Å². The van der Waals surface area contributed by atoms with Gasteiger partial charge < -0.3 is 0 Å². The number of hydrogen-bond acceptors (Lipinski definition) is 3. The Morgan fingerprint density at radius 2 is 1.86 bits per heavy atom. The third-order valence-corrected chi connectivity index (χ3v) is 2.41. The highest BCUT2D eigenvalue weighted by Crippen LogP contribution is 2.28. The first-order valence-electron chi connectivity index (χ1n) is 3.51. The average Bonchev–Trinajstić information content (AvgIpc) is 2.01. The molecule has 0 unspecified atom stereocenters.